The largest absolute Gasteiger partial charge is 0.481 e. The number of benzene rings is 2. The molecule has 0 aliphatic heterocycles. The van der Waals surface area contributed by atoms with E-state index in [1.807, 2.05) is 38.1 Å². The first kappa shape index (κ1) is 18.5. The lowest BCUT2D eigenvalue weighted by atomic mass is 10.2. The predicted octanol–water partition coefficient (Wildman–Crippen LogP) is 4.14. The molecule has 1 unspecified atom stereocenters. The predicted molar refractivity (Wildman–Crippen MR) is 99.9 cm³/mol. The Morgan fingerprint density at radius 2 is 1.64 bits per heavy atom. The van der Waals surface area contributed by atoms with Crippen molar-refractivity contribution in [1.29, 1.82) is 0 Å². The van der Waals surface area contributed by atoms with E-state index in [4.69, 9.17) is 4.74 Å². The van der Waals surface area contributed by atoms with Crippen LogP contribution in [0.1, 0.15) is 32.3 Å². The zero-order chi connectivity index (χ0) is 18.2. The third-order valence-corrected chi connectivity index (χ3v) is 3.70. The first-order valence-electron chi connectivity index (χ1n) is 8.46. The van der Waals surface area contributed by atoms with Crippen molar-refractivity contribution in [2.24, 2.45) is 0 Å². The first-order chi connectivity index (χ1) is 12.0. The number of anilines is 2. The van der Waals surface area contributed by atoms with Gasteiger partial charge in [0.2, 0.25) is 5.91 Å². The van der Waals surface area contributed by atoms with E-state index in [9.17, 15) is 9.59 Å². The molecule has 2 N–H and O–H groups in total. The topological polar surface area (TPSA) is 67.4 Å². The van der Waals surface area contributed by atoms with Crippen molar-refractivity contribution < 1.29 is 14.3 Å². The van der Waals surface area contributed by atoms with Crippen molar-refractivity contribution in [2.45, 2.75) is 39.7 Å². The SMILES string of the molecule is CCC(=O)Nc1cccc(NC(=O)C(CC)Oc2ccc(C)cc2)c1. The van der Waals surface area contributed by atoms with Crippen molar-refractivity contribution in [3.8, 4) is 5.75 Å². The number of hydrogen-bond acceptors (Lipinski definition) is 3. The molecule has 2 amide bonds. The minimum atomic E-state index is -0.586. The van der Waals surface area contributed by atoms with Crippen LogP contribution in [0.2, 0.25) is 0 Å². The zero-order valence-electron chi connectivity index (χ0n) is 14.8. The molecule has 5 heteroatoms. The number of amides is 2. The van der Waals surface area contributed by atoms with E-state index in [2.05, 4.69) is 10.6 Å². The Morgan fingerprint density at radius 3 is 2.24 bits per heavy atom. The van der Waals surface area contributed by atoms with E-state index in [-0.39, 0.29) is 11.8 Å². The third kappa shape index (κ3) is 5.64. The summed E-state index contributed by atoms with van der Waals surface area (Å²) in [5.74, 6) is 0.371. The summed E-state index contributed by atoms with van der Waals surface area (Å²) < 4.78 is 5.78. The monoisotopic (exact) mass is 340 g/mol. The molecular formula is C20H24N2O3. The first-order valence-corrected chi connectivity index (χ1v) is 8.46. The molecule has 0 aliphatic carbocycles. The minimum Gasteiger partial charge on any atom is -0.481 e. The van der Waals surface area contributed by atoms with Gasteiger partial charge in [-0.25, -0.2) is 0 Å². The van der Waals surface area contributed by atoms with Gasteiger partial charge in [0.15, 0.2) is 6.10 Å². The van der Waals surface area contributed by atoms with Crippen LogP contribution in [0.5, 0.6) is 5.75 Å². The van der Waals surface area contributed by atoms with Gasteiger partial charge in [0.05, 0.1) is 0 Å². The van der Waals surface area contributed by atoms with Crippen LogP contribution in [0.15, 0.2) is 48.5 Å². The summed E-state index contributed by atoms with van der Waals surface area (Å²) in [5, 5.41) is 5.61. The van der Waals surface area contributed by atoms with Gasteiger partial charge in [0, 0.05) is 17.8 Å². The van der Waals surface area contributed by atoms with Gasteiger partial charge in [0.1, 0.15) is 5.75 Å². The summed E-state index contributed by atoms with van der Waals surface area (Å²) in [6, 6.07) is 14.7. The van der Waals surface area contributed by atoms with Crippen LogP contribution in [-0.2, 0) is 9.59 Å². The van der Waals surface area contributed by atoms with Crippen molar-refractivity contribution in [2.75, 3.05) is 10.6 Å². The van der Waals surface area contributed by atoms with Crippen molar-refractivity contribution >= 4 is 23.2 Å². The van der Waals surface area contributed by atoms with Crippen LogP contribution in [-0.4, -0.2) is 17.9 Å². The smallest absolute Gasteiger partial charge is 0.265 e. The molecule has 5 nitrogen and oxygen atoms in total. The summed E-state index contributed by atoms with van der Waals surface area (Å²) in [6.07, 6.45) is 0.363. The standard InChI is InChI=1S/C20H24N2O3/c1-4-18(25-17-11-9-14(3)10-12-17)20(24)22-16-8-6-7-15(13-16)21-19(23)5-2/h6-13,18H,4-5H2,1-3H3,(H,21,23)(H,22,24). The van der Waals surface area contributed by atoms with E-state index < -0.39 is 6.10 Å². The third-order valence-electron chi connectivity index (χ3n) is 3.70. The van der Waals surface area contributed by atoms with E-state index in [0.29, 0.717) is 30.0 Å². The maximum atomic E-state index is 12.5. The summed E-state index contributed by atoms with van der Waals surface area (Å²) in [5.41, 5.74) is 2.40. The number of nitrogens with one attached hydrogen (secondary N) is 2. The summed E-state index contributed by atoms with van der Waals surface area (Å²) in [4.78, 5) is 24.0. The molecule has 0 aliphatic rings. The summed E-state index contributed by atoms with van der Waals surface area (Å²) >= 11 is 0. The maximum absolute atomic E-state index is 12.5. The number of hydrogen-bond donors (Lipinski definition) is 2. The molecule has 0 saturated carbocycles. The Morgan fingerprint density at radius 1 is 1.00 bits per heavy atom. The summed E-state index contributed by atoms with van der Waals surface area (Å²) in [6.45, 7) is 5.68. The van der Waals surface area contributed by atoms with E-state index in [1.165, 1.54) is 0 Å². The molecule has 0 spiro atoms. The highest BCUT2D eigenvalue weighted by Crippen LogP contribution is 2.18. The molecule has 1 atom stereocenters. The Kier molecular flexibility index (Phi) is 6.57. The molecule has 132 valence electrons. The van der Waals surface area contributed by atoms with Gasteiger partial charge in [0.25, 0.3) is 5.91 Å². The van der Waals surface area contributed by atoms with Crippen LogP contribution >= 0.6 is 0 Å². The van der Waals surface area contributed by atoms with Crippen molar-refractivity contribution in [3.63, 3.8) is 0 Å². The van der Waals surface area contributed by atoms with Crippen LogP contribution in [0.4, 0.5) is 11.4 Å². The lowest BCUT2D eigenvalue weighted by Gasteiger charge is -2.17. The number of carbonyl (C=O) groups excluding carboxylic acids is 2. The van der Waals surface area contributed by atoms with Gasteiger partial charge in [-0.05, 0) is 43.7 Å². The molecule has 2 rings (SSSR count). The Bertz CT molecular complexity index is 726. The van der Waals surface area contributed by atoms with Gasteiger partial charge in [-0.2, -0.15) is 0 Å². The normalized spacial score (nSPS) is 11.5. The second-order valence-electron chi connectivity index (χ2n) is 5.80. The highest BCUT2D eigenvalue weighted by Gasteiger charge is 2.18. The molecule has 0 radical (unpaired) electrons. The Labute approximate surface area is 148 Å². The van der Waals surface area contributed by atoms with Crippen LogP contribution in [0, 0.1) is 6.92 Å². The molecule has 0 saturated heterocycles. The van der Waals surface area contributed by atoms with E-state index in [0.717, 1.165) is 5.56 Å². The van der Waals surface area contributed by atoms with Gasteiger partial charge in [-0.3, -0.25) is 9.59 Å². The van der Waals surface area contributed by atoms with Gasteiger partial charge in [-0.15, -0.1) is 0 Å². The minimum absolute atomic E-state index is 0.0717. The van der Waals surface area contributed by atoms with Gasteiger partial charge in [-0.1, -0.05) is 37.6 Å². The average molecular weight is 340 g/mol. The summed E-state index contributed by atoms with van der Waals surface area (Å²) in [7, 11) is 0. The molecule has 2 aromatic carbocycles. The highest BCUT2D eigenvalue weighted by molar-refractivity contribution is 5.96. The second kappa shape index (κ2) is 8.87. The number of aryl methyl sites for hydroxylation is 1. The fraction of sp³-hybridized carbons (Fsp3) is 0.300. The molecule has 25 heavy (non-hydrogen) atoms. The van der Waals surface area contributed by atoms with Crippen LogP contribution in [0.3, 0.4) is 0 Å². The lowest BCUT2D eigenvalue weighted by Crippen LogP contribution is -2.32. The van der Waals surface area contributed by atoms with Crippen LogP contribution < -0.4 is 15.4 Å². The van der Waals surface area contributed by atoms with Crippen LogP contribution in [0.25, 0.3) is 0 Å². The Hall–Kier alpha value is -2.82. The Balaban J connectivity index is 2.02. The zero-order valence-corrected chi connectivity index (χ0v) is 14.8. The lowest BCUT2D eigenvalue weighted by molar-refractivity contribution is -0.122. The molecule has 0 aromatic heterocycles. The quantitative estimate of drug-likeness (QED) is 0.796. The molecular weight excluding hydrogens is 316 g/mol. The second-order valence-corrected chi connectivity index (χ2v) is 5.80. The van der Waals surface area contributed by atoms with Gasteiger partial charge < -0.3 is 15.4 Å². The average Bonchev–Trinajstić information content (AvgIpc) is 2.61. The molecule has 0 heterocycles. The fourth-order valence-corrected chi connectivity index (χ4v) is 2.25. The molecule has 0 bridgehead atoms. The van der Waals surface area contributed by atoms with Gasteiger partial charge >= 0.3 is 0 Å². The highest BCUT2D eigenvalue weighted by atomic mass is 16.5. The molecule has 0 fully saturated rings. The number of carbonyl (C=O) groups is 2. The van der Waals surface area contributed by atoms with E-state index in [1.54, 1.807) is 31.2 Å². The fourth-order valence-electron chi connectivity index (χ4n) is 2.25. The number of ether oxygens (including phenoxy) is 1. The van der Waals surface area contributed by atoms with Crippen molar-refractivity contribution in [3.05, 3.63) is 54.1 Å². The number of rotatable bonds is 7. The molecule has 2 aromatic rings. The maximum Gasteiger partial charge on any atom is 0.265 e. The van der Waals surface area contributed by atoms with Crippen molar-refractivity contribution in [1.82, 2.24) is 0 Å². The van der Waals surface area contributed by atoms with E-state index >= 15 is 0 Å².